The van der Waals surface area contributed by atoms with E-state index >= 15 is 0 Å². The van der Waals surface area contributed by atoms with Gasteiger partial charge in [-0.15, -0.1) is 5.10 Å². The van der Waals surface area contributed by atoms with Crippen molar-refractivity contribution in [3.63, 3.8) is 0 Å². The van der Waals surface area contributed by atoms with Crippen molar-refractivity contribution in [2.45, 2.75) is 84.5 Å². The minimum atomic E-state index is -0.0315. The SMILES string of the molecule is CCC(c1nnnn1C1CCCCC1)N(Cc1ccccc1)Cc1cc2ccc(C)c(C)c2[nH]c1=O. The van der Waals surface area contributed by atoms with Crippen LogP contribution in [0.2, 0.25) is 0 Å². The lowest BCUT2D eigenvalue weighted by Crippen LogP contribution is -2.33. The number of aromatic nitrogens is 5. The number of H-pyrrole nitrogens is 1. The molecule has 0 aliphatic heterocycles. The molecular weight excluding hydrogens is 448 g/mol. The zero-order valence-electron chi connectivity index (χ0n) is 21.6. The van der Waals surface area contributed by atoms with E-state index in [9.17, 15) is 4.79 Å². The summed E-state index contributed by atoms with van der Waals surface area (Å²) in [5.74, 6) is 0.906. The number of rotatable bonds is 8. The van der Waals surface area contributed by atoms with Gasteiger partial charge < -0.3 is 4.98 Å². The summed E-state index contributed by atoms with van der Waals surface area (Å²) in [5, 5.41) is 14.1. The molecule has 0 radical (unpaired) electrons. The first kappa shape index (κ1) is 24.4. The fourth-order valence-electron chi connectivity index (χ4n) is 5.61. The van der Waals surface area contributed by atoms with Crippen LogP contribution < -0.4 is 5.56 Å². The van der Waals surface area contributed by atoms with Gasteiger partial charge in [-0.2, -0.15) is 0 Å². The zero-order valence-corrected chi connectivity index (χ0v) is 21.6. The Bertz CT molecular complexity index is 1370. The van der Waals surface area contributed by atoms with Gasteiger partial charge in [0.15, 0.2) is 5.82 Å². The highest BCUT2D eigenvalue weighted by Crippen LogP contribution is 2.33. The van der Waals surface area contributed by atoms with E-state index in [0.29, 0.717) is 19.1 Å². The van der Waals surface area contributed by atoms with Gasteiger partial charge in [0, 0.05) is 18.7 Å². The molecule has 1 atom stereocenters. The van der Waals surface area contributed by atoms with Crippen molar-refractivity contribution in [1.82, 2.24) is 30.1 Å². The van der Waals surface area contributed by atoms with Crippen molar-refractivity contribution in [2.24, 2.45) is 0 Å². The molecule has 188 valence electrons. The topological polar surface area (TPSA) is 79.7 Å². The summed E-state index contributed by atoms with van der Waals surface area (Å²) < 4.78 is 2.07. The van der Waals surface area contributed by atoms with Crippen molar-refractivity contribution in [1.29, 1.82) is 0 Å². The van der Waals surface area contributed by atoms with Crippen LogP contribution in [0.15, 0.2) is 53.3 Å². The average molecular weight is 485 g/mol. The number of nitrogens with zero attached hydrogens (tertiary/aromatic N) is 5. The van der Waals surface area contributed by atoms with Crippen LogP contribution in [0.25, 0.3) is 10.9 Å². The summed E-state index contributed by atoms with van der Waals surface area (Å²) >= 11 is 0. The second-order valence-electron chi connectivity index (χ2n) is 10.2. The number of hydrogen-bond donors (Lipinski definition) is 1. The Morgan fingerprint density at radius 1 is 1.06 bits per heavy atom. The van der Waals surface area contributed by atoms with Crippen molar-refractivity contribution >= 4 is 10.9 Å². The van der Waals surface area contributed by atoms with Gasteiger partial charge in [0.2, 0.25) is 0 Å². The van der Waals surface area contributed by atoms with E-state index < -0.39 is 0 Å². The number of aromatic amines is 1. The maximum Gasteiger partial charge on any atom is 0.252 e. The highest BCUT2D eigenvalue weighted by Gasteiger charge is 2.29. The Labute approximate surface area is 212 Å². The third kappa shape index (κ3) is 4.98. The van der Waals surface area contributed by atoms with E-state index in [1.807, 2.05) is 6.07 Å². The maximum absolute atomic E-state index is 13.3. The van der Waals surface area contributed by atoms with E-state index in [-0.39, 0.29) is 11.6 Å². The van der Waals surface area contributed by atoms with Crippen molar-refractivity contribution in [3.8, 4) is 0 Å². The van der Waals surface area contributed by atoms with Gasteiger partial charge in [-0.05, 0) is 71.7 Å². The minimum Gasteiger partial charge on any atom is -0.321 e. The zero-order chi connectivity index (χ0) is 25.1. The molecule has 7 nitrogen and oxygen atoms in total. The lowest BCUT2D eigenvalue weighted by molar-refractivity contribution is 0.155. The average Bonchev–Trinajstić information content (AvgIpc) is 3.38. The number of hydrogen-bond acceptors (Lipinski definition) is 5. The Kier molecular flexibility index (Phi) is 7.28. The van der Waals surface area contributed by atoms with Gasteiger partial charge in [-0.25, -0.2) is 4.68 Å². The third-order valence-corrected chi connectivity index (χ3v) is 7.79. The van der Waals surface area contributed by atoms with Crippen molar-refractivity contribution < 1.29 is 0 Å². The molecule has 5 rings (SSSR count). The third-order valence-electron chi connectivity index (χ3n) is 7.79. The minimum absolute atomic E-state index is 0.00279. The van der Waals surface area contributed by atoms with Crippen LogP contribution in [-0.4, -0.2) is 30.1 Å². The standard InChI is InChI=1S/C29H36N6O/c1-4-26(28-31-32-33-35(28)25-13-9-6-10-14-25)34(18-22-11-7-5-8-12-22)19-24-17-23-16-15-20(2)21(3)27(23)30-29(24)36/h5,7-8,11-12,15-17,25-26H,4,6,9-10,13-14,18-19H2,1-3H3,(H,30,36). The van der Waals surface area contributed by atoms with Crippen LogP contribution in [0.1, 0.15) is 85.6 Å². The Morgan fingerprint density at radius 3 is 2.58 bits per heavy atom. The van der Waals surface area contributed by atoms with Crippen LogP contribution in [0.5, 0.6) is 0 Å². The van der Waals surface area contributed by atoms with Crippen LogP contribution in [0.4, 0.5) is 0 Å². The maximum atomic E-state index is 13.3. The summed E-state index contributed by atoms with van der Waals surface area (Å²) in [5.41, 5.74) is 5.16. The number of nitrogens with one attached hydrogen (secondary N) is 1. The summed E-state index contributed by atoms with van der Waals surface area (Å²) in [6.07, 6.45) is 6.82. The summed E-state index contributed by atoms with van der Waals surface area (Å²) in [7, 11) is 0. The summed E-state index contributed by atoms with van der Waals surface area (Å²) in [4.78, 5) is 18.8. The molecule has 1 saturated carbocycles. The molecule has 2 heterocycles. The highest BCUT2D eigenvalue weighted by atomic mass is 16.1. The van der Waals surface area contributed by atoms with Crippen molar-refractivity contribution in [3.05, 3.63) is 87.0 Å². The van der Waals surface area contributed by atoms with Gasteiger partial charge in [0.1, 0.15) is 0 Å². The molecule has 1 N–H and O–H groups in total. The molecule has 36 heavy (non-hydrogen) atoms. The van der Waals surface area contributed by atoms with E-state index in [1.54, 1.807) is 0 Å². The Hall–Kier alpha value is -3.32. The van der Waals surface area contributed by atoms with Gasteiger partial charge in [-0.3, -0.25) is 9.69 Å². The molecule has 2 aromatic heterocycles. The van der Waals surface area contributed by atoms with Crippen LogP contribution in [0.3, 0.4) is 0 Å². The number of tetrazole rings is 1. The molecule has 1 fully saturated rings. The summed E-state index contributed by atoms with van der Waals surface area (Å²) in [6.45, 7) is 7.54. The second kappa shape index (κ2) is 10.7. The molecule has 0 amide bonds. The first-order valence-electron chi connectivity index (χ1n) is 13.2. The largest absolute Gasteiger partial charge is 0.321 e. The summed E-state index contributed by atoms with van der Waals surface area (Å²) in [6, 6.07) is 17.1. The van der Waals surface area contributed by atoms with E-state index in [1.165, 1.54) is 30.4 Å². The van der Waals surface area contributed by atoms with Crippen LogP contribution in [-0.2, 0) is 13.1 Å². The van der Waals surface area contributed by atoms with Crippen LogP contribution in [0, 0.1) is 13.8 Å². The van der Waals surface area contributed by atoms with Gasteiger partial charge in [-0.1, -0.05) is 68.7 Å². The molecular formula is C29H36N6O. The second-order valence-corrected chi connectivity index (χ2v) is 10.2. The van der Waals surface area contributed by atoms with Crippen LogP contribution >= 0.6 is 0 Å². The lowest BCUT2D eigenvalue weighted by atomic mass is 9.95. The lowest BCUT2D eigenvalue weighted by Gasteiger charge is -2.32. The first-order valence-corrected chi connectivity index (χ1v) is 13.2. The quantitative estimate of drug-likeness (QED) is 0.342. The molecule has 4 aromatic rings. The van der Waals surface area contributed by atoms with Gasteiger partial charge >= 0.3 is 0 Å². The predicted octanol–water partition coefficient (Wildman–Crippen LogP) is 5.79. The molecule has 1 aliphatic rings. The molecule has 2 aromatic carbocycles. The molecule has 1 unspecified atom stereocenters. The fourth-order valence-corrected chi connectivity index (χ4v) is 5.61. The van der Waals surface area contributed by atoms with Crippen molar-refractivity contribution in [2.75, 3.05) is 0 Å². The van der Waals surface area contributed by atoms with E-state index in [4.69, 9.17) is 0 Å². The highest BCUT2D eigenvalue weighted by molar-refractivity contribution is 5.83. The first-order chi connectivity index (χ1) is 17.5. The molecule has 0 saturated heterocycles. The molecule has 0 bridgehead atoms. The fraction of sp³-hybridized carbons (Fsp3) is 0.448. The molecule has 0 spiro atoms. The smallest absolute Gasteiger partial charge is 0.252 e. The Morgan fingerprint density at radius 2 is 1.83 bits per heavy atom. The van der Waals surface area contributed by atoms with E-state index in [2.05, 4.69) is 93.3 Å². The monoisotopic (exact) mass is 484 g/mol. The number of aryl methyl sites for hydroxylation is 2. The normalized spacial score (nSPS) is 15.6. The Balaban J connectivity index is 1.53. The molecule has 7 heteroatoms. The molecule has 1 aliphatic carbocycles. The van der Waals surface area contributed by atoms with E-state index in [0.717, 1.165) is 47.1 Å². The predicted molar refractivity (Wildman–Crippen MR) is 143 cm³/mol. The van der Waals surface area contributed by atoms with Gasteiger partial charge in [0.25, 0.3) is 5.56 Å². The van der Waals surface area contributed by atoms with Gasteiger partial charge in [0.05, 0.1) is 17.6 Å². The number of benzene rings is 2. The number of pyridine rings is 1. The number of fused-ring (bicyclic) bond motifs is 1.